The second kappa shape index (κ2) is 6.52. The van der Waals surface area contributed by atoms with Crippen molar-refractivity contribution in [3.63, 3.8) is 0 Å². The van der Waals surface area contributed by atoms with Crippen molar-refractivity contribution >= 4 is 22.4 Å². The number of rotatable bonds is 3. The summed E-state index contributed by atoms with van der Waals surface area (Å²) in [5, 5.41) is 3.88. The zero-order valence-corrected chi connectivity index (χ0v) is 14.0. The molecule has 3 aromatic carbocycles. The van der Waals surface area contributed by atoms with Gasteiger partial charge >= 0.3 is 0 Å². The van der Waals surface area contributed by atoms with E-state index >= 15 is 0 Å². The van der Waals surface area contributed by atoms with E-state index in [1.807, 2.05) is 55.5 Å². The predicted octanol–water partition coefficient (Wildman–Crippen LogP) is 5.63. The van der Waals surface area contributed by atoms with Gasteiger partial charge in [-0.3, -0.25) is 0 Å². The summed E-state index contributed by atoms with van der Waals surface area (Å²) in [7, 11) is 0. The lowest BCUT2D eigenvalue weighted by Crippen LogP contribution is -2.00. The van der Waals surface area contributed by atoms with Crippen LogP contribution >= 0.6 is 0 Å². The van der Waals surface area contributed by atoms with E-state index in [-0.39, 0.29) is 0 Å². The van der Waals surface area contributed by atoms with E-state index in [2.05, 4.69) is 15.3 Å². The molecule has 5 heteroatoms. The fourth-order valence-electron chi connectivity index (χ4n) is 2.80. The molecule has 0 spiro atoms. The number of para-hydroxylation sites is 1. The number of halogens is 2. The van der Waals surface area contributed by atoms with Crippen LogP contribution in [0.25, 0.3) is 22.3 Å². The summed E-state index contributed by atoms with van der Waals surface area (Å²) in [6.45, 7) is 2.00. The molecule has 4 aromatic rings. The Labute approximate surface area is 149 Å². The molecule has 0 aliphatic rings. The van der Waals surface area contributed by atoms with Gasteiger partial charge in [-0.1, -0.05) is 35.9 Å². The minimum Gasteiger partial charge on any atom is -0.340 e. The van der Waals surface area contributed by atoms with Gasteiger partial charge in [0.25, 0.3) is 0 Å². The third-order valence-electron chi connectivity index (χ3n) is 4.06. The van der Waals surface area contributed by atoms with Gasteiger partial charge in [-0.05, 0) is 37.3 Å². The average molecular weight is 347 g/mol. The molecular weight excluding hydrogens is 332 g/mol. The number of aromatic nitrogens is 2. The Morgan fingerprint density at radius 3 is 2.46 bits per heavy atom. The Morgan fingerprint density at radius 2 is 1.65 bits per heavy atom. The van der Waals surface area contributed by atoms with E-state index in [0.717, 1.165) is 34.2 Å². The minimum atomic E-state index is -0.910. The summed E-state index contributed by atoms with van der Waals surface area (Å²) < 4.78 is 26.7. The summed E-state index contributed by atoms with van der Waals surface area (Å²) in [5.74, 6) is -0.689. The molecule has 26 heavy (non-hydrogen) atoms. The average Bonchev–Trinajstić information content (AvgIpc) is 2.65. The second-order valence-corrected chi connectivity index (χ2v) is 6.04. The monoisotopic (exact) mass is 347 g/mol. The highest BCUT2D eigenvalue weighted by Gasteiger charge is 2.11. The first kappa shape index (κ1) is 16.1. The lowest BCUT2D eigenvalue weighted by Gasteiger charge is -2.11. The van der Waals surface area contributed by atoms with Gasteiger partial charge in [0.2, 0.25) is 0 Å². The van der Waals surface area contributed by atoms with Crippen LogP contribution in [-0.2, 0) is 0 Å². The van der Waals surface area contributed by atoms with E-state index in [4.69, 9.17) is 0 Å². The van der Waals surface area contributed by atoms with Crippen molar-refractivity contribution in [3.05, 3.63) is 83.9 Å². The Hall–Kier alpha value is -3.34. The lowest BCUT2D eigenvalue weighted by molar-refractivity contribution is 0.509. The summed E-state index contributed by atoms with van der Waals surface area (Å²) >= 11 is 0. The van der Waals surface area contributed by atoms with Crippen molar-refractivity contribution < 1.29 is 8.78 Å². The highest BCUT2D eigenvalue weighted by molar-refractivity contribution is 5.92. The zero-order valence-electron chi connectivity index (χ0n) is 14.0. The van der Waals surface area contributed by atoms with Gasteiger partial charge < -0.3 is 5.32 Å². The predicted molar refractivity (Wildman–Crippen MR) is 99.4 cm³/mol. The van der Waals surface area contributed by atoms with Crippen LogP contribution in [0.2, 0.25) is 0 Å². The largest absolute Gasteiger partial charge is 0.340 e. The number of anilines is 2. The van der Waals surface area contributed by atoms with Crippen molar-refractivity contribution in [1.29, 1.82) is 0 Å². The molecule has 3 nitrogen and oxygen atoms in total. The quantitative estimate of drug-likeness (QED) is 0.522. The van der Waals surface area contributed by atoms with Crippen LogP contribution in [0.5, 0.6) is 0 Å². The third kappa shape index (κ3) is 3.11. The number of benzene rings is 3. The first-order valence-corrected chi connectivity index (χ1v) is 8.16. The van der Waals surface area contributed by atoms with E-state index in [1.165, 1.54) is 6.07 Å². The molecule has 1 N–H and O–H groups in total. The first-order chi connectivity index (χ1) is 12.6. The molecule has 1 heterocycles. The Kier molecular flexibility index (Phi) is 4.05. The number of aryl methyl sites for hydroxylation is 1. The standard InChI is InChI=1S/C21H15F2N3/c1-13-5-4-6-14(11-13)20-25-19-8-3-2-7-16(19)21(26-20)24-15-9-10-17(22)18(23)12-15/h2-12H,1H3,(H,24,25,26). The van der Waals surface area contributed by atoms with Gasteiger partial charge in [0, 0.05) is 22.7 Å². The van der Waals surface area contributed by atoms with Crippen LogP contribution in [0, 0.1) is 18.6 Å². The molecule has 0 radical (unpaired) electrons. The van der Waals surface area contributed by atoms with Crippen LogP contribution in [0.15, 0.2) is 66.7 Å². The molecule has 0 unspecified atom stereocenters. The number of hydrogen-bond donors (Lipinski definition) is 1. The molecule has 128 valence electrons. The minimum absolute atomic E-state index is 0.419. The second-order valence-electron chi connectivity index (χ2n) is 6.04. The maximum atomic E-state index is 13.5. The number of nitrogens with one attached hydrogen (secondary N) is 1. The summed E-state index contributed by atoms with van der Waals surface area (Å²) in [6, 6.07) is 19.1. The molecule has 0 amide bonds. The summed E-state index contributed by atoms with van der Waals surface area (Å²) in [4.78, 5) is 9.26. The van der Waals surface area contributed by atoms with Crippen molar-refractivity contribution in [1.82, 2.24) is 9.97 Å². The molecule has 4 rings (SSSR count). The van der Waals surface area contributed by atoms with E-state index < -0.39 is 11.6 Å². The van der Waals surface area contributed by atoms with Crippen LogP contribution in [0.1, 0.15) is 5.56 Å². The summed E-state index contributed by atoms with van der Waals surface area (Å²) in [5.41, 5.74) is 3.19. The normalized spacial score (nSPS) is 10.9. The molecule has 0 saturated heterocycles. The zero-order chi connectivity index (χ0) is 18.1. The van der Waals surface area contributed by atoms with E-state index in [0.29, 0.717) is 17.3 Å². The Balaban J connectivity index is 1.85. The highest BCUT2D eigenvalue weighted by atomic mass is 19.2. The number of nitrogens with zero attached hydrogens (tertiary/aromatic N) is 2. The number of hydrogen-bond acceptors (Lipinski definition) is 3. The molecule has 0 atom stereocenters. The van der Waals surface area contributed by atoms with Crippen LogP contribution in [-0.4, -0.2) is 9.97 Å². The van der Waals surface area contributed by atoms with Gasteiger partial charge in [0.15, 0.2) is 17.5 Å². The molecule has 0 fully saturated rings. The van der Waals surface area contributed by atoms with E-state index in [9.17, 15) is 8.78 Å². The number of fused-ring (bicyclic) bond motifs is 1. The maximum absolute atomic E-state index is 13.5. The molecular formula is C21H15F2N3. The molecule has 0 aliphatic carbocycles. The van der Waals surface area contributed by atoms with Crippen molar-refractivity contribution in [3.8, 4) is 11.4 Å². The molecule has 0 aliphatic heterocycles. The van der Waals surface area contributed by atoms with Crippen molar-refractivity contribution in [2.24, 2.45) is 0 Å². The third-order valence-corrected chi connectivity index (χ3v) is 4.06. The van der Waals surface area contributed by atoms with Gasteiger partial charge in [-0.15, -0.1) is 0 Å². The molecule has 1 aromatic heterocycles. The fraction of sp³-hybridized carbons (Fsp3) is 0.0476. The topological polar surface area (TPSA) is 37.8 Å². The molecule has 0 bridgehead atoms. The van der Waals surface area contributed by atoms with Crippen molar-refractivity contribution in [2.45, 2.75) is 6.92 Å². The Bertz CT molecular complexity index is 1110. The van der Waals surface area contributed by atoms with Gasteiger partial charge in [0.05, 0.1) is 5.52 Å². The summed E-state index contributed by atoms with van der Waals surface area (Å²) in [6.07, 6.45) is 0. The van der Waals surface area contributed by atoms with Crippen molar-refractivity contribution in [2.75, 3.05) is 5.32 Å². The highest BCUT2D eigenvalue weighted by Crippen LogP contribution is 2.28. The Morgan fingerprint density at radius 1 is 0.808 bits per heavy atom. The molecule has 0 saturated carbocycles. The van der Waals surface area contributed by atoms with Crippen LogP contribution in [0.4, 0.5) is 20.3 Å². The maximum Gasteiger partial charge on any atom is 0.162 e. The SMILES string of the molecule is Cc1cccc(-c2nc(Nc3ccc(F)c(F)c3)c3ccccc3n2)c1. The first-order valence-electron chi connectivity index (χ1n) is 8.16. The fourth-order valence-corrected chi connectivity index (χ4v) is 2.80. The van der Waals surface area contributed by atoms with E-state index in [1.54, 1.807) is 0 Å². The van der Waals surface area contributed by atoms with Gasteiger partial charge in [-0.2, -0.15) is 0 Å². The van der Waals surface area contributed by atoms with Gasteiger partial charge in [0.1, 0.15) is 5.82 Å². The van der Waals surface area contributed by atoms with Crippen LogP contribution in [0.3, 0.4) is 0 Å². The smallest absolute Gasteiger partial charge is 0.162 e. The lowest BCUT2D eigenvalue weighted by atomic mass is 10.1. The van der Waals surface area contributed by atoms with Crippen LogP contribution < -0.4 is 5.32 Å². The van der Waals surface area contributed by atoms with Gasteiger partial charge in [-0.25, -0.2) is 18.7 Å².